The number of hydrogen-bond acceptors (Lipinski definition) is 4. The monoisotopic (exact) mass is 259 g/mol. The zero-order valence-electron chi connectivity index (χ0n) is 11.9. The smallest absolute Gasteiger partial charge is 0.136 e. The molecule has 19 heavy (non-hydrogen) atoms. The third-order valence-corrected chi connectivity index (χ3v) is 3.83. The van der Waals surface area contributed by atoms with Crippen molar-refractivity contribution in [2.75, 3.05) is 33.8 Å². The summed E-state index contributed by atoms with van der Waals surface area (Å²) in [6.45, 7) is 6.40. The van der Waals surface area contributed by atoms with Crippen LogP contribution < -0.4 is 4.74 Å². The van der Waals surface area contributed by atoms with Gasteiger partial charge in [0.15, 0.2) is 0 Å². The van der Waals surface area contributed by atoms with Gasteiger partial charge in [-0.1, -0.05) is 6.07 Å². The number of benzene rings is 1. The number of nitriles is 1. The minimum Gasteiger partial charge on any atom is -0.495 e. The summed E-state index contributed by atoms with van der Waals surface area (Å²) >= 11 is 0. The van der Waals surface area contributed by atoms with Crippen molar-refractivity contribution >= 4 is 0 Å². The highest BCUT2D eigenvalue weighted by Crippen LogP contribution is 2.20. The van der Waals surface area contributed by atoms with Gasteiger partial charge in [-0.2, -0.15) is 5.26 Å². The molecule has 0 amide bonds. The van der Waals surface area contributed by atoms with Crippen molar-refractivity contribution in [3.05, 3.63) is 29.3 Å². The third-order valence-electron chi connectivity index (χ3n) is 3.83. The van der Waals surface area contributed by atoms with E-state index in [1.165, 1.54) is 5.56 Å². The molecule has 0 bridgehead atoms. The second-order valence-corrected chi connectivity index (χ2v) is 5.21. The average molecular weight is 259 g/mol. The van der Waals surface area contributed by atoms with E-state index in [9.17, 15) is 0 Å². The first kappa shape index (κ1) is 13.9. The largest absolute Gasteiger partial charge is 0.495 e. The zero-order valence-corrected chi connectivity index (χ0v) is 11.9. The predicted octanol–water partition coefficient (Wildman–Crippen LogP) is 1.70. The Hall–Kier alpha value is -1.57. The van der Waals surface area contributed by atoms with Crippen LogP contribution in [0.3, 0.4) is 0 Å². The Bertz CT molecular complexity index is 481. The Kier molecular flexibility index (Phi) is 4.41. The Morgan fingerprint density at radius 2 is 2.21 bits per heavy atom. The SMILES string of the molecule is COc1ccc(CN2CCN(C)C(C)C2)cc1C#N. The minimum atomic E-state index is 0.586. The van der Waals surface area contributed by atoms with Crippen LogP contribution in [0.4, 0.5) is 0 Å². The van der Waals surface area contributed by atoms with Crippen molar-refractivity contribution in [3.8, 4) is 11.8 Å². The highest BCUT2D eigenvalue weighted by atomic mass is 16.5. The van der Waals surface area contributed by atoms with Crippen molar-refractivity contribution in [1.29, 1.82) is 5.26 Å². The topological polar surface area (TPSA) is 39.5 Å². The van der Waals surface area contributed by atoms with Crippen LogP contribution >= 0.6 is 0 Å². The minimum absolute atomic E-state index is 0.586. The first-order valence-corrected chi connectivity index (χ1v) is 6.63. The Morgan fingerprint density at radius 1 is 1.42 bits per heavy atom. The number of nitrogens with zero attached hydrogens (tertiary/aromatic N) is 3. The van der Waals surface area contributed by atoms with Crippen molar-refractivity contribution in [2.24, 2.45) is 0 Å². The van der Waals surface area contributed by atoms with Crippen LogP contribution in [0.1, 0.15) is 18.1 Å². The van der Waals surface area contributed by atoms with E-state index in [1.807, 2.05) is 18.2 Å². The van der Waals surface area contributed by atoms with Gasteiger partial charge in [-0.05, 0) is 31.7 Å². The lowest BCUT2D eigenvalue weighted by atomic mass is 10.1. The van der Waals surface area contributed by atoms with Gasteiger partial charge in [0.25, 0.3) is 0 Å². The maximum atomic E-state index is 9.11. The molecule has 1 atom stereocenters. The molecule has 1 aromatic rings. The summed E-state index contributed by atoms with van der Waals surface area (Å²) in [5.74, 6) is 0.651. The molecule has 0 saturated carbocycles. The van der Waals surface area contributed by atoms with Crippen molar-refractivity contribution in [1.82, 2.24) is 9.80 Å². The van der Waals surface area contributed by atoms with Crippen LogP contribution in [0, 0.1) is 11.3 Å². The molecule has 102 valence electrons. The Balaban J connectivity index is 2.06. The lowest BCUT2D eigenvalue weighted by molar-refractivity contribution is 0.1000. The summed E-state index contributed by atoms with van der Waals surface area (Å²) in [6, 6.07) is 8.63. The maximum Gasteiger partial charge on any atom is 0.136 e. The van der Waals surface area contributed by atoms with Crippen LogP contribution in [0.2, 0.25) is 0 Å². The molecule has 0 aromatic heterocycles. The fraction of sp³-hybridized carbons (Fsp3) is 0.533. The third kappa shape index (κ3) is 3.25. The van der Waals surface area contributed by atoms with Crippen LogP contribution in [0.15, 0.2) is 18.2 Å². The molecule has 0 aliphatic carbocycles. The van der Waals surface area contributed by atoms with E-state index in [0.717, 1.165) is 26.2 Å². The lowest BCUT2D eigenvalue weighted by Gasteiger charge is -2.37. The molecule has 1 aromatic carbocycles. The maximum absolute atomic E-state index is 9.11. The number of likely N-dealkylation sites (N-methyl/N-ethyl adjacent to an activating group) is 1. The van der Waals surface area contributed by atoms with E-state index in [4.69, 9.17) is 10.00 Å². The van der Waals surface area contributed by atoms with Gasteiger partial charge in [0.05, 0.1) is 12.7 Å². The van der Waals surface area contributed by atoms with Crippen LogP contribution in [-0.4, -0.2) is 49.6 Å². The number of rotatable bonds is 3. The fourth-order valence-electron chi connectivity index (χ4n) is 2.47. The van der Waals surface area contributed by atoms with E-state index in [0.29, 0.717) is 17.4 Å². The number of hydrogen-bond donors (Lipinski definition) is 0. The second-order valence-electron chi connectivity index (χ2n) is 5.21. The number of piperazine rings is 1. The molecular weight excluding hydrogens is 238 g/mol. The fourth-order valence-corrected chi connectivity index (χ4v) is 2.47. The van der Waals surface area contributed by atoms with E-state index in [-0.39, 0.29) is 0 Å². The van der Waals surface area contributed by atoms with Gasteiger partial charge in [-0.15, -0.1) is 0 Å². The molecule has 2 rings (SSSR count). The summed E-state index contributed by atoms with van der Waals surface area (Å²) in [5.41, 5.74) is 1.79. The van der Waals surface area contributed by atoms with Crippen molar-refractivity contribution in [3.63, 3.8) is 0 Å². The van der Waals surface area contributed by atoms with Crippen molar-refractivity contribution in [2.45, 2.75) is 19.5 Å². The Labute approximate surface area is 115 Å². The number of methoxy groups -OCH3 is 1. The molecule has 1 unspecified atom stereocenters. The van der Waals surface area contributed by atoms with E-state index in [2.05, 4.69) is 29.8 Å². The van der Waals surface area contributed by atoms with E-state index >= 15 is 0 Å². The van der Waals surface area contributed by atoms with Gasteiger partial charge in [0.1, 0.15) is 11.8 Å². The first-order chi connectivity index (χ1) is 9.13. The molecule has 1 aliphatic rings. The highest BCUT2D eigenvalue weighted by molar-refractivity contribution is 5.45. The zero-order chi connectivity index (χ0) is 13.8. The summed E-state index contributed by atoms with van der Waals surface area (Å²) < 4.78 is 5.17. The van der Waals surface area contributed by atoms with Crippen LogP contribution in [0.5, 0.6) is 5.75 Å². The molecular formula is C15H21N3O. The molecule has 4 nitrogen and oxygen atoms in total. The van der Waals surface area contributed by atoms with Crippen LogP contribution in [0.25, 0.3) is 0 Å². The molecule has 0 radical (unpaired) electrons. The highest BCUT2D eigenvalue weighted by Gasteiger charge is 2.20. The van der Waals surface area contributed by atoms with Crippen molar-refractivity contribution < 1.29 is 4.74 Å². The van der Waals surface area contributed by atoms with E-state index in [1.54, 1.807) is 7.11 Å². The second kappa shape index (κ2) is 6.05. The summed E-state index contributed by atoms with van der Waals surface area (Å²) in [4.78, 5) is 4.82. The quantitative estimate of drug-likeness (QED) is 0.828. The van der Waals surface area contributed by atoms with Gasteiger partial charge >= 0.3 is 0 Å². The standard InChI is InChI=1S/C15H21N3O/c1-12-10-18(7-6-17(12)2)11-13-4-5-15(19-3)14(8-13)9-16/h4-5,8,12H,6-7,10-11H2,1-3H3. The van der Waals surface area contributed by atoms with E-state index < -0.39 is 0 Å². The molecule has 1 fully saturated rings. The Morgan fingerprint density at radius 3 is 2.84 bits per heavy atom. The van der Waals surface area contributed by atoms with Gasteiger partial charge in [0, 0.05) is 32.2 Å². The number of ether oxygens (including phenoxy) is 1. The molecule has 1 heterocycles. The van der Waals surface area contributed by atoms with Crippen LogP contribution in [-0.2, 0) is 6.54 Å². The first-order valence-electron chi connectivity index (χ1n) is 6.63. The molecule has 4 heteroatoms. The molecule has 0 spiro atoms. The predicted molar refractivity (Wildman–Crippen MR) is 75.1 cm³/mol. The summed E-state index contributed by atoms with van der Waals surface area (Å²) in [6.07, 6.45) is 0. The molecule has 1 aliphatic heterocycles. The molecule has 1 saturated heterocycles. The normalized spacial score (nSPS) is 21.1. The molecule has 0 N–H and O–H groups in total. The lowest BCUT2D eigenvalue weighted by Crippen LogP contribution is -2.49. The van der Waals surface area contributed by atoms with Gasteiger partial charge in [-0.25, -0.2) is 0 Å². The van der Waals surface area contributed by atoms with Gasteiger partial charge in [-0.3, -0.25) is 4.90 Å². The summed E-state index contributed by atoms with van der Waals surface area (Å²) in [7, 11) is 3.77. The average Bonchev–Trinajstić information content (AvgIpc) is 2.43. The summed E-state index contributed by atoms with van der Waals surface area (Å²) in [5, 5.41) is 9.11. The van der Waals surface area contributed by atoms with Gasteiger partial charge < -0.3 is 9.64 Å². The van der Waals surface area contributed by atoms with Gasteiger partial charge in [0.2, 0.25) is 0 Å².